The van der Waals surface area contributed by atoms with E-state index in [1.54, 1.807) is 0 Å². The summed E-state index contributed by atoms with van der Waals surface area (Å²) in [6.07, 6.45) is 8.62. The van der Waals surface area contributed by atoms with Crippen molar-refractivity contribution in [2.45, 2.75) is 46.5 Å². The lowest BCUT2D eigenvalue weighted by Gasteiger charge is -1.97. The maximum atomic E-state index is 8.45. The molecule has 0 aromatic carbocycles. The predicted molar refractivity (Wildman–Crippen MR) is 66.5 cm³/mol. The van der Waals surface area contributed by atoms with Gasteiger partial charge in [-0.1, -0.05) is 29.2 Å². The molecule has 0 aliphatic carbocycles. The van der Waals surface area contributed by atoms with Crippen molar-refractivity contribution in [1.29, 1.82) is 0 Å². The van der Waals surface area contributed by atoms with Gasteiger partial charge in [-0.25, -0.2) is 0 Å². The van der Waals surface area contributed by atoms with Gasteiger partial charge in [-0.15, -0.1) is 5.92 Å². The van der Waals surface area contributed by atoms with Gasteiger partial charge in [0.25, 0.3) is 0 Å². The van der Waals surface area contributed by atoms with Crippen LogP contribution >= 0.6 is 0 Å². The third kappa shape index (κ3) is 10.9. The molecule has 1 heteroatoms. The fourth-order valence-electron chi connectivity index (χ4n) is 1.23. The van der Waals surface area contributed by atoms with E-state index in [9.17, 15) is 0 Å². The largest absolute Gasteiger partial charge is 0.384 e. The Balaban J connectivity index is 3.65. The van der Waals surface area contributed by atoms with E-state index in [-0.39, 0.29) is 6.61 Å². The fourth-order valence-corrected chi connectivity index (χ4v) is 1.23. The standard InChI is InChI=1S/C14H22O/c1-13(2)9-8-11-14(3)10-6-4-5-7-12-15/h9-10,15H,4,6,8,11-12H2,1-3H3/b14-10+. The molecule has 0 saturated carbocycles. The van der Waals surface area contributed by atoms with Crippen LogP contribution in [-0.4, -0.2) is 11.7 Å². The van der Waals surface area contributed by atoms with Gasteiger partial charge in [0.1, 0.15) is 6.61 Å². The first kappa shape index (κ1) is 14.0. The molecule has 0 aromatic rings. The van der Waals surface area contributed by atoms with Crippen molar-refractivity contribution in [3.63, 3.8) is 0 Å². The second-order valence-electron chi connectivity index (χ2n) is 3.92. The molecule has 0 heterocycles. The van der Waals surface area contributed by atoms with Crippen LogP contribution in [0.2, 0.25) is 0 Å². The molecule has 15 heavy (non-hydrogen) atoms. The molecule has 0 aliphatic rings. The number of aliphatic hydroxyl groups excluding tert-OH is 1. The van der Waals surface area contributed by atoms with Crippen molar-refractivity contribution in [2.24, 2.45) is 0 Å². The summed E-state index contributed by atoms with van der Waals surface area (Å²) in [6, 6.07) is 0. The first-order chi connectivity index (χ1) is 7.16. The Bertz CT molecular complexity index is 269. The summed E-state index contributed by atoms with van der Waals surface area (Å²) in [4.78, 5) is 0. The van der Waals surface area contributed by atoms with E-state index in [1.165, 1.54) is 11.1 Å². The van der Waals surface area contributed by atoms with Crippen LogP contribution < -0.4 is 0 Å². The van der Waals surface area contributed by atoms with Crippen LogP contribution in [0.3, 0.4) is 0 Å². The van der Waals surface area contributed by atoms with E-state index in [0.717, 1.165) is 25.7 Å². The highest BCUT2D eigenvalue weighted by atomic mass is 16.2. The van der Waals surface area contributed by atoms with Crippen LogP contribution in [0.4, 0.5) is 0 Å². The lowest BCUT2D eigenvalue weighted by atomic mass is 10.1. The number of aliphatic hydroxyl groups is 1. The third-order valence-electron chi connectivity index (χ3n) is 2.06. The van der Waals surface area contributed by atoms with E-state index in [1.807, 2.05) is 0 Å². The highest BCUT2D eigenvalue weighted by Crippen LogP contribution is 2.08. The minimum atomic E-state index is -0.0245. The molecule has 0 spiro atoms. The highest BCUT2D eigenvalue weighted by Gasteiger charge is 1.88. The van der Waals surface area contributed by atoms with Gasteiger partial charge in [0.2, 0.25) is 0 Å². The first-order valence-corrected chi connectivity index (χ1v) is 5.52. The quantitative estimate of drug-likeness (QED) is 0.415. The number of hydrogen-bond acceptors (Lipinski definition) is 1. The van der Waals surface area contributed by atoms with Gasteiger partial charge in [0, 0.05) is 6.42 Å². The molecule has 0 atom stereocenters. The van der Waals surface area contributed by atoms with Gasteiger partial charge in [0.15, 0.2) is 0 Å². The minimum Gasteiger partial charge on any atom is -0.384 e. The van der Waals surface area contributed by atoms with Crippen molar-refractivity contribution in [2.75, 3.05) is 6.61 Å². The summed E-state index contributed by atoms with van der Waals surface area (Å²) in [7, 11) is 0. The van der Waals surface area contributed by atoms with E-state index in [2.05, 4.69) is 44.8 Å². The molecule has 0 aromatic heterocycles. The monoisotopic (exact) mass is 206 g/mol. The molecule has 0 rings (SSSR count). The molecule has 0 unspecified atom stereocenters. The van der Waals surface area contributed by atoms with Crippen LogP contribution in [0.15, 0.2) is 23.3 Å². The van der Waals surface area contributed by atoms with Crippen molar-refractivity contribution < 1.29 is 5.11 Å². The number of unbranched alkanes of at least 4 members (excludes halogenated alkanes) is 1. The van der Waals surface area contributed by atoms with E-state index >= 15 is 0 Å². The van der Waals surface area contributed by atoms with E-state index in [0.29, 0.717) is 0 Å². The van der Waals surface area contributed by atoms with Crippen molar-refractivity contribution in [3.8, 4) is 11.8 Å². The average Bonchev–Trinajstić information content (AvgIpc) is 2.17. The fraction of sp³-hybridized carbons (Fsp3) is 0.571. The van der Waals surface area contributed by atoms with Crippen LogP contribution in [0.25, 0.3) is 0 Å². The Labute approximate surface area is 93.9 Å². The summed E-state index contributed by atoms with van der Waals surface area (Å²) in [5, 5.41) is 8.45. The predicted octanol–water partition coefficient (Wildman–Crippen LogP) is 3.46. The van der Waals surface area contributed by atoms with Gasteiger partial charge in [-0.3, -0.25) is 0 Å². The molecule has 1 N–H and O–H groups in total. The second-order valence-corrected chi connectivity index (χ2v) is 3.92. The van der Waals surface area contributed by atoms with Crippen molar-refractivity contribution >= 4 is 0 Å². The van der Waals surface area contributed by atoms with Crippen LogP contribution in [0.5, 0.6) is 0 Å². The topological polar surface area (TPSA) is 20.2 Å². The maximum absolute atomic E-state index is 8.45. The van der Waals surface area contributed by atoms with E-state index in [4.69, 9.17) is 5.11 Å². The molecular formula is C14H22O. The number of hydrogen-bond donors (Lipinski definition) is 1. The zero-order valence-corrected chi connectivity index (χ0v) is 10.1. The summed E-state index contributed by atoms with van der Waals surface area (Å²) >= 11 is 0. The lowest BCUT2D eigenvalue weighted by Crippen LogP contribution is -1.78. The molecule has 0 bridgehead atoms. The molecule has 0 aliphatic heterocycles. The summed E-state index contributed by atoms with van der Waals surface area (Å²) in [5.74, 6) is 5.56. The Morgan fingerprint density at radius 1 is 1.07 bits per heavy atom. The number of allylic oxidation sites excluding steroid dienone is 4. The van der Waals surface area contributed by atoms with Gasteiger partial charge in [-0.05, 0) is 40.0 Å². The molecule has 0 radical (unpaired) electrons. The molecular weight excluding hydrogens is 184 g/mol. The first-order valence-electron chi connectivity index (χ1n) is 5.52. The molecule has 1 nitrogen and oxygen atoms in total. The lowest BCUT2D eigenvalue weighted by molar-refractivity contribution is 0.350. The normalized spacial score (nSPS) is 10.5. The smallest absolute Gasteiger partial charge is 0.104 e. The SMILES string of the molecule is CC(C)=CCC/C(C)=C/CCC#CCO. The third-order valence-corrected chi connectivity index (χ3v) is 2.06. The highest BCUT2D eigenvalue weighted by molar-refractivity contribution is 5.05. The Kier molecular flexibility index (Phi) is 8.91. The molecule has 84 valence electrons. The Morgan fingerprint density at radius 2 is 1.80 bits per heavy atom. The van der Waals surface area contributed by atoms with E-state index < -0.39 is 0 Å². The zero-order chi connectivity index (χ0) is 11.5. The van der Waals surface area contributed by atoms with Crippen molar-refractivity contribution in [3.05, 3.63) is 23.3 Å². The molecule has 0 fully saturated rings. The van der Waals surface area contributed by atoms with Crippen LogP contribution in [-0.2, 0) is 0 Å². The Hall–Kier alpha value is -1.00. The van der Waals surface area contributed by atoms with Crippen molar-refractivity contribution in [1.82, 2.24) is 0 Å². The van der Waals surface area contributed by atoms with Gasteiger partial charge < -0.3 is 5.11 Å². The summed E-state index contributed by atoms with van der Waals surface area (Å²) in [6.45, 7) is 6.40. The number of rotatable bonds is 5. The van der Waals surface area contributed by atoms with Crippen LogP contribution in [0.1, 0.15) is 46.5 Å². The molecule has 0 amide bonds. The second kappa shape index (κ2) is 9.55. The molecule has 0 saturated heterocycles. The zero-order valence-electron chi connectivity index (χ0n) is 10.1. The van der Waals surface area contributed by atoms with Gasteiger partial charge >= 0.3 is 0 Å². The minimum absolute atomic E-state index is 0.0245. The van der Waals surface area contributed by atoms with Crippen LogP contribution in [0, 0.1) is 11.8 Å². The Morgan fingerprint density at radius 3 is 2.40 bits per heavy atom. The average molecular weight is 206 g/mol. The van der Waals surface area contributed by atoms with Gasteiger partial charge in [-0.2, -0.15) is 0 Å². The summed E-state index contributed by atoms with van der Waals surface area (Å²) in [5.41, 5.74) is 2.81. The van der Waals surface area contributed by atoms with Gasteiger partial charge in [0.05, 0.1) is 0 Å². The maximum Gasteiger partial charge on any atom is 0.104 e. The summed E-state index contributed by atoms with van der Waals surface area (Å²) < 4.78 is 0.